The highest BCUT2D eigenvalue weighted by Gasteiger charge is 2.25. The molecule has 1 heterocycles. The molecular weight excluding hydrogens is 258 g/mol. The summed E-state index contributed by atoms with van der Waals surface area (Å²) < 4.78 is 1.92. The molecule has 112 valence electrons. The van der Waals surface area contributed by atoms with Crippen molar-refractivity contribution in [1.29, 1.82) is 0 Å². The predicted molar refractivity (Wildman–Crippen MR) is 75.3 cm³/mol. The Bertz CT molecular complexity index is 441. The van der Waals surface area contributed by atoms with Gasteiger partial charge in [0.2, 0.25) is 5.91 Å². The topological polar surface area (TPSA) is 84.2 Å². The second kappa shape index (κ2) is 7.07. The van der Waals surface area contributed by atoms with Gasteiger partial charge in [-0.15, -0.1) is 0 Å². The van der Waals surface area contributed by atoms with Crippen LogP contribution in [-0.2, 0) is 9.59 Å². The molecule has 0 aromatic carbocycles. The van der Waals surface area contributed by atoms with E-state index < -0.39 is 11.5 Å². The Hall–Kier alpha value is -1.85. The molecular formula is C14H23N3O3. The summed E-state index contributed by atoms with van der Waals surface area (Å²) in [4.78, 5) is 26.8. The zero-order valence-corrected chi connectivity index (χ0v) is 12.3. The Kier molecular flexibility index (Phi) is 5.73. The summed E-state index contributed by atoms with van der Waals surface area (Å²) in [5, 5.41) is 11.6. The number of hydrogen-bond acceptors (Lipinski definition) is 3. The molecule has 0 aliphatic rings. The lowest BCUT2D eigenvalue weighted by Gasteiger charge is -2.26. The minimum absolute atomic E-state index is 0.0585. The van der Waals surface area contributed by atoms with Crippen LogP contribution in [0.3, 0.4) is 0 Å². The first-order valence-corrected chi connectivity index (χ1v) is 6.84. The van der Waals surface area contributed by atoms with Crippen LogP contribution in [0.5, 0.6) is 0 Å². The summed E-state index contributed by atoms with van der Waals surface area (Å²) in [6.45, 7) is 5.49. The van der Waals surface area contributed by atoms with Crippen LogP contribution >= 0.6 is 0 Å². The van der Waals surface area contributed by atoms with Crippen molar-refractivity contribution >= 4 is 11.9 Å². The van der Waals surface area contributed by atoms with E-state index in [1.807, 2.05) is 10.8 Å². The summed E-state index contributed by atoms with van der Waals surface area (Å²) in [6, 6.07) is 0.0585. The zero-order valence-electron chi connectivity index (χ0n) is 12.3. The third-order valence-corrected chi connectivity index (χ3v) is 3.06. The molecule has 0 aliphatic heterocycles. The van der Waals surface area contributed by atoms with Gasteiger partial charge in [-0.25, -0.2) is 4.98 Å². The molecule has 2 N–H and O–H groups in total. The summed E-state index contributed by atoms with van der Waals surface area (Å²) in [5.74, 6) is -1.06. The fourth-order valence-electron chi connectivity index (χ4n) is 2.24. The van der Waals surface area contributed by atoms with Crippen molar-refractivity contribution < 1.29 is 14.7 Å². The average Bonchev–Trinajstić information content (AvgIpc) is 2.78. The molecule has 1 atom stereocenters. The molecule has 0 radical (unpaired) electrons. The lowest BCUT2D eigenvalue weighted by Crippen LogP contribution is -2.45. The van der Waals surface area contributed by atoms with Gasteiger partial charge in [-0.3, -0.25) is 9.59 Å². The highest BCUT2D eigenvalue weighted by atomic mass is 16.4. The van der Waals surface area contributed by atoms with Gasteiger partial charge in [-0.05, 0) is 20.3 Å². The quantitative estimate of drug-likeness (QED) is 0.763. The first-order valence-electron chi connectivity index (χ1n) is 6.84. The number of rotatable bonds is 8. The van der Waals surface area contributed by atoms with Gasteiger partial charge in [-0.1, -0.05) is 13.3 Å². The van der Waals surface area contributed by atoms with Gasteiger partial charge in [-0.2, -0.15) is 0 Å². The number of carboxylic acids is 1. The van der Waals surface area contributed by atoms with E-state index in [9.17, 15) is 9.59 Å². The van der Waals surface area contributed by atoms with Gasteiger partial charge in [0.1, 0.15) is 0 Å². The van der Waals surface area contributed by atoms with Gasteiger partial charge in [0.25, 0.3) is 0 Å². The molecule has 0 spiro atoms. The molecule has 0 saturated carbocycles. The number of aliphatic carboxylic acids is 1. The first kappa shape index (κ1) is 16.2. The minimum atomic E-state index is -0.921. The fraction of sp³-hybridized carbons (Fsp3) is 0.643. The minimum Gasteiger partial charge on any atom is -0.481 e. The number of amides is 1. The summed E-state index contributed by atoms with van der Waals surface area (Å²) >= 11 is 0. The van der Waals surface area contributed by atoms with Crippen molar-refractivity contribution in [2.45, 2.75) is 58.0 Å². The van der Waals surface area contributed by atoms with E-state index in [0.29, 0.717) is 6.42 Å². The average molecular weight is 281 g/mol. The summed E-state index contributed by atoms with van der Waals surface area (Å²) in [5.41, 5.74) is -0.741. The third-order valence-electron chi connectivity index (χ3n) is 3.06. The molecule has 1 amide bonds. The van der Waals surface area contributed by atoms with E-state index >= 15 is 0 Å². The molecule has 1 aromatic heterocycles. The molecule has 1 unspecified atom stereocenters. The Morgan fingerprint density at radius 1 is 1.45 bits per heavy atom. The van der Waals surface area contributed by atoms with E-state index in [4.69, 9.17) is 5.11 Å². The van der Waals surface area contributed by atoms with E-state index in [1.54, 1.807) is 26.4 Å². The van der Waals surface area contributed by atoms with Crippen molar-refractivity contribution in [2.24, 2.45) is 0 Å². The normalized spacial score (nSPS) is 12.9. The SMILES string of the molecule is CCCC(CC(=O)NC(C)(C)CC(=O)O)n1ccnc1. The number of nitrogens with one attached hydrogen (secondary N) is 1. The number of imidazole rings is 1. The Morgan fingerprint density at radius 3 is 2.65 bits per heavy atom. The molecule has 1 rings (SSSR count). The van der Waals surface area contributed by atoms with Gasteiger partial charge in [0.05, 0.1) is 12.7 Å². The van der Waals surface area contributed by atoms with Crippen molar-refractivity contribution in [3.63, 3.8) is 0 Å². The zero-order chi connectivity index (χ0) is 15.2. The number of carbonyl (C=O) groups is 2. The molecule has 0 fully saturated rings. The van der Waals surface area contributed by atoms with Crippen molar-refractivity contribution in [3.8, 4) is 0 Å². The smallest absolute Gasteiger partial charge is 0.305 e. The number of nitrogens with zero attached hydrogens (tertiary/aromatic N) is 2. The van der Waals surface area contributed by atoms with Gasteiger partial charge in [0.15, 0.2) is 0 Å². The Balaban J connectivity index is 2.61. The van der Waals surface area contributed by atoms with Gasteiger partial charge >= 0.3 is 5.97 Å². The van der Waals surface area contributed by atoms with Crippen LogP contribution in [0.2, 0.25) is 0 Å². The van der Waals surface area contributed by atoms with Gasteiger partial charge in [0, 0.05) is 30.4 Å². The van der Waals surface area contributed by atoms with Crippen LogP contribution in [0, 0.1) is 0 Å². The summed E-state index contributed by atoms with van der Waals surface area (Å²) in [7, 11) is 0. The maximum Gasteiger partial charge on any atom is 0.305 e. The van der Waals surface area contributed by atoms with E-state index in [-0.39, 0.29) is 18.4 Å². The van der Waals surface area contributed by atoms with Crippen LogP contribution in [0.4, 0.5) is 0 Å². The van der Waals surface area contributed by atoms with E-state index in [2.05, 4.69) is 17.2 Å². The monoisotopic (exact) mass is 281 g/mol. The van der Waals surface area contributed by atoms with Crippen molar-refractivity contribution in [2.75, 3.05) is 0 Å². The third kappa shape index (κ3) is 5.42. The number of hydrogen-bond donors (Lipinski definition) is 2. The Morgan fingerprint density at radius 2 is 2.15 bits per heavy atom. The molecule has 0 bridgehead atoms. The maximum absolute atomic E-state index is 12.1. The predicted octanol–water partition coefficient (Wildman–Crippen LogP) is 1.98. The number of carboxylic acid groups (broad SMARTS) is 1. The lowest BCUT2D eigenvalue weighted by molar-refractivity contribution is -0.138. The maximum atomic E-state index is 12.1. The molecule has 0 saturated heterocycles. The van der Waals surface area contributed by atoms with Crippen LogP contribution in [0.25, 0.3) is 0 Å². The van der Waals surface area contributed by atoms with Crippen LogP contribution in [-0.4, -0.2) is 32.1 Å². The second-order valence-electron chi connectivity index (χ2n) is 5.66. The van der Waals surface area contributed by atoms with E-state index in [1.165, 1.54) is 0 Å². The van der Waals surface area contributed by atoms with Crippen LogP contribution in [0.15, 0.2) is 18.7 Å². The fourth-order valence-corrected chi connectivity index (χ4v) is 2.24. The van der Waals surface area contributed by atoms with Crippen molar-refractivity contribution in [1.82, 2.24) is 14.9 Å². The number of aromatic nitrogens is 2. The molecule has 6 nitrogen and oxygen atoms in total. The van der Waals surface area contributed by atoms with Gasteiger partial charge < -0.3 is 15.0 Å². The Labute approximate surface area is 119 Å². The van der Waals surface area contributed by atoms with Crippen LogP contribution < -0.4 is 5.32 Å². The second-order valence-corrected chi connectivity index (χ2v) is 5.66. The highest BCUT2D eigenvalue weighted by Crippen LogP contribution is 2.18. The van der Waals surface area contributed by atoms with Crippen LogP contribution in [0.1, 0.15) is 52.5 Å². The lowest BCUT2D eigenvalue weighted by atomic mass is 9.99. The summed E-state index contributed by atoms with van der Waals surface area (Å²) in [6.07, 6.45) is 7.31. The van der Waals surface area contributed by atoms with Crippen molar-refractivity contribution in [3.05, 3.63) is 18.7 Å². The largest absolute Gasteiger partial charge is 0.481 e. The molecule has 6 heteroatoms. The molecule has 1 aromatic rings. The molecule has 0 aliphatic carbocycles. The number of carbonyl (C=O) groups excluding carboxylic acids is 1. The highest BCUT2D eigenvalue weighted by molar-refractivity contribution is 5.78. The molecule has 20 heavy (non-hydrogen) atoms. The standard InChI is InChI=1S/C14H23N3O3/c1-4-5-11(17-7-6-15-10-17)8-12(18)16-14(2,3)9-13(19)20/h6-7,10-11H,4-5,8-9H2,1-3H3,(H,16,18)(H,19,20). The first-order chi connectivity index (χ1) is 9.34. The van der Waals surface area contributed by atoms with E-state index in [0.717, 1.165) is 12.8 Å².